The van der Waals surface area contributed by atoms with Crippen molar-refractivity contribution in [2.24, 2.45) is 0 Å². The first-order valence-corrected chi connectivity index (χ1v) is 24.1. The zero-order valence-corrected chi connectivity index (χ0v) is 41.9. The summed E-state index contributed by atoms with van der Waals surface area (Å²) >= 11 is 0. The van der Waals surface area contributed by atoms with E-state index in [1.165, 1.54) is 16.3 Å². The Kier molecular flexibility index (Phi) is 10.2. The molecule has 348 valence electrons. The fraction of sp³-hybridized carbons (Fsp3) is 0.0625. The number of hydrogen-bond donors (Lipinski definition) is 0. The van der Waals surface area contributed by atoms with E-state index in [2.05, 4.69) is 221 Å². The maximum absolute atomic E-state index is 6.88. The summed E-state index contributed by atoms with van der Waals surface area (Å²) in [5, 5.41) is 6.79. The molecule has 0 spiro atoms. The molecule has 72 heavy (non-hydrogen) atoms. The van der Waals surface area contributed by atoms with Crippen LogP contribution in [-0.2, 0) is 26.5 Å². The van der Waals surface area contributed by atoms with Crippen LogP contribution in [0.3, 0.4) is 0 Å². The second-order valence-electron chi connectivity index (χ2n) is 19.2. The Bertz CT molecular complexity index is 4410. The second kappa shape index (κ2) is 16.8. The predicted molar refractivity (Wildman–Crippen MR) is 287 cm³/mol. The number of nitrogens with zero attached hydrogens (tertiary/aromatic N) is 6. The number of imidazole rings is 1. The van der Waals surface area contributed by atoms with Gasteiger partial charge in [-0.3, -0.25) is 4.57 Å². The van der Waals surface area contributed by atoms with Crippen molar-refractivity contribution in [1.29, 1.82) is 0 Å². The Hall–Kier alpha value is -8.51. The molecule has 5 aromatic heterocycles. The summed E-state index contributed by atoms with van der Waals surface area (Å²) in [5.74, 6) is 1.93. The van der Waals surface area contributed by atoms with E-state index in [9.17, 15) is 0 Å². The second-order valence-corrected chi connectivity index (χ2v) is 19.2. The van der Waals surface area contributed by atoms with Gasteiger partial charge in [-0.05, 0) is 82.7 Å². The smallest absolute Gasteiger partial charge is 0.268 e. The molecular formula is C64H44N6OPt-2. The van der Waals surface area contributed by atoms with Gasteiger partial charge in [-0.2, -0.15) is 18.2 Å². The van der Waals surface area contributed by atoms with E-state index in [4.69, 9.17) is 9.72 Å². The number of fused-ring (bicyclic) bond motifs is 13. The molecular weight excluding hydrogens is 1060 g/mol. The van der Waals surface area contributed by atoms with E-state index in [1.54, 1.807) is 0 Å². The molecule has 0 bridgehead atoms. The van der Waals surface area contributed by atoms with Crippen LogP contribution >= 0.6 is 0 Å². The molecule has 0 aliphatic rings. The number of aromatic nitrogens is 6. The average molecular weight is 1110 g/mol. The molecule has 0 N–H and O–H groups in total. The molecule has 14 rings (SSSR count). The Morgan fingerprint density at radius 1 is 0.472 bits per heavy atom. The Morgan fingerprint density at radius 3 is 1.62 bits per heavy atom. The molecule has 7 nitrogen and oxygen atoms in total. The summed E-state index contributed by atoms with van der Waals surface area (Å²) in [4.78, 5) is 5.23. The van der Waals surface area contributed by atoms with Gasteiger partial charge in [0.1, 0.15) is 5.82 Å². The first-order valence-electron chi connectivity index (χ1n) is 24.1. The third-order valence-electron chi connectivity index (χ3n) is 14.0. The minimum atomic E-state index is -0.135. The van der Waals surface area contributed by atoms with E-state index in [1.807, 2.05) is 53.2 Å². The molecule has 0 atom stereocenters. The molecule has 0 unspecified atom stereocenters. The van der Waals surface area contributed by atoms with Crippen molar-refractivity contribution in [3.05, 3.63) is 236 Å². The van der Waals surface area contributed by atoms with E-state index in [0.29, 0.717) is 11.5 Å². The molecule has 8 heteroatoms. The van der Waals surface area contributed by atoms with Crippen LogP contribution in [0.1, 0.15) is 26.3 Å². The Balaban J connectivity index is 0.00000504. The van der Waals surface area contributed by atoms with Crippen LogP contribution in [0, 0.1) is 18.5 Å². The van der Waals surface area contributed by atoms with Gasteiger partial charge in [-0.15, -0.1) is 24.3 Å². The molecule has 0 amide bonds. The van der Waals surface area contributed by atoms with Crippen molar-refractivity contribution in [3.63, 3.8) is 0 Å². The first kappa shape index (κ1) is 43.5. The van der Waals surface area contributed by atoms with Crippen LogP contribution in [0.2, 0.25) is 0 Å². The number of hydrogen-bond acceptors (Lipinski definition) is 2. The monoisotopic (exact) mass is 1110 g/mol. The fourth-order valence-corrected chi connectivity index (χ4v) is 10.8. The van der Waals surface area contributed by atoms with Gasteiger partial charge >= 0.3 is 0 Å². The Labute approximate surface area is 430 Å². The van der Waals surface area contributed by atoms with Gasteiger partial charge in [0, 0.05) is 71.7 Å². The van der Waals surface area contributed by atoms with Crippen molar-refractivity contribution >= 4 is 76.5 Å². The van der Waals surface area contributed by atoms with Crippen LogP contribution in [0.25, 0.3) is 105 Å². The SMILES string of the molecule is CC(C)(C)c1ccnc(-n2c3[c-]c(Oc4[c-]c(-[n+]5[c-]n(-c6ccccc6)c6ccccc65)ccc4)ccc3c3c2c2c4ccccc4n(-c4ccccc4)c2c2c4ccccc4n(-c4ccccc4)c32)c1.[Pt]. The van der Waals surface area contributed by atoms with E-state index >= 15 is 0 Å². The number of para-hydroxylation sites is 7. The van der Waals surface area contributed by atoms with E-state index in [0.717, 1.165) is 94.2 Å². The zero-order valence-electron chi connectivity index (χ0n) is 39.6. The number of ether oxygens (including phenoxy) is 1. The number of benzene rings is 9. The van der Waals surface area contributed by atoms with Crippen LogP contribution in [-0.4, -0.2) is 23.3 Å². The third-order valence-corrected chi connectivity index (χ3v) is 14.0. The molecule has 9 aromatic carbocycles. The third kappa shape index (κ3) is 6.68. The van der Waals surface area contributed by atoms with Gasteiger partial charge in [0.25, 0.3) is 6.33 Å². The molecule has 0 fully saturated rings. The summed E-state index contributed by atoms with van der Waals surface area (Å²) in [5.41, 5.74) is 13.5. The minimum absolute atomic E-state index is 0. The molecule has 0 saturated carbocycles. The maximum atomic E-state index is 6.88. The maximum Gasteiger partial charge on any atom is 0.268 e. The fourth-order valence-electron chi connectivity index (χ4n) is 10.8. The van der Waals surface area contributed by atoms with Gasteiger partial charge in [0.2, 0.25) is 0 Å². The summed E-state index contributed by atoms with van der Waals surface area (Å²) < 4.78 is 18.3. The topological polar surface area (TPSA) is 45.7 Å². The molecule has 14 aromatic rings. The molecule has 0 saturated heterocycles. The Morgan fingerprint density at radius 2 is 1.00 bits per heavy atom. The van der Waals surface area contributed by atoms with E-state index < -0.39 is 0 Å². The van der Waals surface area contributed by atoms with Crippen molar-refractivity contribution in [1.82, 2.24) is 23.3 Å². The zero-order chi connectivity index (χ0) is 47.4. The largest absolute Gasteiger partial charge is 0.510 e. The van der Waals surface area contributed by atoms with E-state index in [-0.39, 0.29) is 26.5 Å². The summed E-state index contributed by atoms with van der Waals surface area (Å²) in [7, 11) is 0. The summed E-state index contributed by atoms with van der Waals surface area (Å²) in [6.45, 7) is 6.76. The normalized spacial score (nSPS) is 12.0. The van der Waals surface area contributed by atoms with Crippen LogP contribution < -0.4 is 9.30 Å². The van der Waals surface area contributed by atoms with Gasteiger partial charge in [-0.1, -0.05) is 147 Å². The van der Waals surface area contributed by atoms with Crippen LogP contribution in [0.4, 0.5) is 0 Å². The number of rotatable bonds is 7. The molecule has 0 radical (unpaired) electrons. The van der Waals surface area contributed by atoms with Crippen molar-refractivity contribution in [2.75, 3.05) is 0 Å². The van der Waals surface area contributed by atoms with Crippen LogP contribution in [0.15, 0.2) is 212 Å². The standard InChI is InChI=1S/C64H44N6O.Pt/c1-64(2,3)42-36-37-65-57(38-42)70-56-40-48(71-47-27-19-26-46(39-47)67-41-66(43-20-7-4-8-21-43)54-32-17-18-33-55(54)67)34-35-51(56)60-62-58(49-28-13-15-30-52(49)69(62)45-24-11-6-12-25-45)61-59(63(60)70)50-29-14-16-31-53(50)68(61)44-22-9-5-10-23-44;/h4-38H,1-3H3;/q-2;. The molecule has 0 aliphatic heterocycles. The van der Waals surface area contributed by atoms with Gasteiger partial charge in [0.05, 0.1) is 44.3 Å². The number of pyridine rings is 1. The van der Waals surface area contributed by atoms with Crippen molar-refractivity contribution in [2.45, 2.75) is 26.2 Å². The summed E-state index contributed by atoms with van der Waals surface area (Å²) in [6, 6.07) is 79.9. The van der Waals surface area contributed by atoms with Crippen molar-refractivity contribution < 1.29 is 30.4 Å². The van der Waals surface area contributed by atoms with Crippen molar-refractivity contribution in [3.8, 4) is 40.1 Å². The van der Waals surface area contributed by atoms with Gasteiger partial charge in [0.15, 0.2) is 0 Å². The quantitative estimate of drug-likeness (QED) is 0.118. The van der Waals surface area contributed by atoms with Gasteiger partial charge in [-0.25, -0.2) is 4.98 Å². The minimum Gasteiger partial charge on any atom is -0.510 e. The molecule has 5 heterocycles. The molecule has 0 aliphatic carbocycles. The van der Waals surface area contributed by atoms with Gasteiger partial charge < -0.3 is 23.0 Å². The average Bonchev–Trinajstić information content (AvgIpc) is 4.16. The first-order chi connectivity index (χ1) is 34.9. The predicted octanol–water partition coefficient (Wildman–Crippen LogP) is 15.1. The van der Waals surface area contributed by atoms with Crippen LogP contribution in [0.5, 0.6) is 11.5 Å². The summed E-state index contributed by atoms with van der Waals surface area (Å²) in [6.07, 6.45) is 5.54.